The molecule has 2 aliphatic heterocycles. The molecule has 0 aliphatic carbocycles. The number of ether oxygens (including phenoxy) is 1. The Hall–Kier alpha value is -1.47. The van der Waals surface area contributed by atoms with Gasteiger partial charge in [0.15, 0.2) is 0 Å². The maximum Gasteiger partial charge on any atom is 0.496 e. The number of nitrogens with zero attached hydrogens (tertiary/aromatic N) is 2. The highest BCUT2D eigenvalue weighted by Crippen LogP contribution is 2.36. The van der Waals surface area contributed by atoms with Gasteiger partial charge >= 0.3 is 13.2 Å². The summed E-state index contributed by atoms with van der Waals surface area (Å²) in [6, 6.07) is 2.29. The number of hydrogen-bond donors (Lipinski definition) is 0. The molecule has 3 heterocycles. The van der Waals surface area contributed by atoms with Crippen LogP contribution in [0.3, 0.4) is 0 Å². The second-order valence-electron chi connectivity index (χ2n) is 9.70. The second-order valence-corrected chi connectivity index (χ2v) is 9.70. The van der Waals surface area contributed by atoms with E-state index in [4.69, 9.17) is 14.0 Å². The van der Waals surface area contributed by atoms with Gasteiger partial charge in [0.1, 0.15) is 5.60 Å². The lowest BCUT2D eigenvalue weighted by atomic mass is 9.81. The Kier molecular flexibility index (Phi) is 5.14. The van der Waals surface area contributed by atoms with Crippen molar-refractivity contribution >= 4 is 18.7 Å². The van der Waals surface area contributed by atoms with Crippen LogP contribution in [-0.2, 0) is 14.0 Å². The highest BCUT2D eigenvalue weighted by atomic mass is 16.7. The first-order valence-corrected chi connectivity index (χ1v) is 9.89. The van der Waals surface area contributed by atoms with E-state index in [-0.39, 0.29) is 30.5 Å². The highest BCUT2D eigenvalue weighted by Gasteiger charge is 2.52. The zero-order chi connectivity index (χ0) is 20.0. The fourth-order valence-electron chi connectivity index (χ4n) is 3.47. The molecule has 1 atom stereocenters. The maximum absolute atomic E-state index is 12.4. The number of rotatable bonds is 2. The fourth-order valence-corrected chi connectivity index (χ4v) is 3.47. The van der Waals surface area contributed by atoms with Crippen LogP contribution in [0.2, 0.25) is 0 Å². The molecule has 150 valence electrons. The zero-order valence-electron chi connectivity index (χ0n) is 17.7. The number of amides is 1. The maximum atomic E-state index is 12.4. The Bertz CT molecular complexity index is 676. The second kappa shape index (κ2) is 6.85. The summed E-state index contributed by atoms with van der Waals surface area (Å²) in [5, 5.41) is 0. The van der Waals surface area contributed by atoms with E-state index in [9.17, 15) is 4.79 Å². The Morgan fingerprint density at radius 1 is 1.22 bits per heavy atom. The van der Waals surface area contributed by atoms with Gasteiger partial charge in [-0.15, -0.1) is 0 Å². The molecule has 0 spiro atoms. The quantitative estimate of drug-likeness (QED) is 0.743. The SMILES string of the molecule is CC(C)(C)OC(=O)N1CCCC(n2ccc(B3OC(C)(C)C(C)(C)O3)c2)C1. The van der Waals surface area contributed by atoms with Crippen molar-refractivity contribution in [1.82, 2.24) is 9.47 Å². The van der Waals surface area contributed by atoms with Gasteiger partial charge in [-0.25, -0.2) is 4.79 Å². The van der Waals surface area contributed by atoms with Crippen molar-refractivity contribution in [3.63, 3.8) is 0 Å². The third-order valence-electron chi connectivity index (χ3n) is 5.73. The Balaban J connectivity index is 1.67. The van der Waals surface area contributed by atoms with E-state index < -0.39 is 5.60 Å². The molecule has 0 radical (unpaired) electrons. The Morgan fingerprint density at radius 3 is 2.44 bits per heavy atom. The van der Waals surface area contributed by atoms with Crippen LogP contribution in [0.15, 0.2) is 18.5 Å². The van der Waals surface area contributed by atoms with Gasteiger partial charge in [-0.1, -0.05) is 0 Å². The minimum absolute atomic E-state index is 0.231. The smallest absolute Gasteiger partial charge is 0.444 e. The van der Waals surface area contributed by atoms with E-state index in [2.05, 4.69) is 50.7 Å². The first kappa shape index (κ1) is 20.3. The van der Waals surface area contributed by atoms with Crippen molar-refractivity contribution in [3.05, 3.63) is 18.5 Å². The largest absolute Gasteiger partial charge is 0.496 e. The summed E-state index contributed by atoms with van der Waals surface area (Å²) in [4.78, 5) is 14.2. The number of carbonyl (C=O) groups is 1. The number of likely N-dealkylation sites (tertiary alicyclic amines) is 1. The van der Waals surface area contributed by atoms with Crippen molar-refractivity contribution in [2.24, 2.45) is 0 Å². The molecule has 2 saturated heterocycles. The van der Waals surface area contributed by atoms with Crippen LogP contribution >= 0.6 is 0 Å². The van der Waals surface area contributed by atoms with E-state index in [1.165, 1.54) is 0 Å². The van der Waals surface area contributed by atoms with E-state index in [1.807, 2.05) is 25.7 Å². The van der Waals surface area contributed by atoms with Gasteiger partial charge in [0.25, 0.3) is 0 Å². The number of carbonyl (C=O) groups excluding carboxylic acids is 1. The Morgan fingerprint density at radius 2 is 1.85 bits per heavy atom. The van der Waals surface area contributed by atoms with E-state index in [0.29, 0.717) is 6.54 Å². The van der Waals surface area contributed by atoms with Gasteiger partial charge in [-0.2, -0.15) is 0 Å². The molecule has 3 rings (SSSR count). The van der Waals surface area contributed by atoms with Crippen LogP contribution in [0.5, 0.6) is 0 Å². The first-order valence-electron chi connectivity index (χ1n) is 9.89. The third-order valence-corrected chi connectivity index (χ3v) is 5.73. The summed E-state index contributed by atoms with van der Waals surface area (Å²) >= 11 is 0. The van der Waals surface area contributed by atoms with Crippen LogP contribution in [0.1, 0.15) is 67.3 Å². The average Bonchev–Trinajstić information content (AvgIpc) is 3.09. The van der Waals surface area contributed by atoms with Crippen molar-refractivity contribution < 1.29 is 18.8 Å². The lowest BCUT2D eigenvalue weighted by molar-refractivity contribution is 0.00578. The van der Waals surface area contributed by atoms with Crippen LogP contribution in [-0.4, -0.2) is 52.6 Å². The van der Waals surface area contributed by atoms with Crippen LogP contribution in [0, 0.1) is 0 Å². The molecule has 0 saturated carbocycles. The third kappa shape index (κ3) is 4.35. The molecule has 1 amide bonds. The van der Waals surface area contributed by atoms with Crippen LogP contribution in [0.4, 0.5) is 4.79 Å². The first-order chi connectivity index (χ1) is 12.4. The minimum atomic E-state index is -0.471. The number of aromatic nitrogens is 1. The fraction of sp³-hybridized carbons (Fsp3) is 0.750. The van der Waals surface area contributed by atoms with Crippen molar-refractivity contribution in [3.8, 4) is 0 Å². The molecule has 2 aliphatic rings. The van der Waals surface area contributed by atoms with E-state index in [1.54, 1.807) is 0 Å². The monoisotopic (exact) mass is 376 g/mol. The van der Waals surface area contributed by atoms with Gasteiger partial charge < -0.3 is 23.5 Å². The van der Waals surface area contributed by atoms with Crippen LogP contribution < -0.4 is 5.46 Å². The highest BCUT2D eigenvalue weighted by molar-refractivity contribution is 6.62. The number of hydrogen-bond acceptors (Lipinski definition) is 4. The normalized spacial score (nSPS) is 24.9. The molecule has 0 bridgehead atoms. The van der Waals surface area contributed by atoms with Crippen molar-refractivity contribution in [1.29, 1.82) is 0 Å². The predicted octanol–water partition coefficient (Wildman–Crippen LogP) is 3.36. The molecule has 2 fully saturated rings. The molecule has 7 heteroatoms. The predicted molar refractivity (Wildman–Crippen MR) is 106 cm³/mol. The summed E-state index contributed by atoms with van der Waals surface area (Å²) in [6.45, 7) is 15.3. The Labute approximate surface area is 163 Å². The molecule has 0 aromatic carbocycles. The summed E-state index contributed by atoms with van der Waals surface area (Å²) in [7, 11) is -0.359. The van der Waals surface area contributed by atoms with Gasteiger partial charge in [0.2, 0.25) is 0 Å². The van der Waals surface area contributed by atoms with Gasteiger partial charge in [0.05, 0.1) is 17.2 Å². The van der Waals surface area contributed by atoms with Gasteiger partial charge in [-0.3, -0.25) is 0 Å². The summed E-state index contributed by atoms with van der Waals surface area (Å²) in [6.07, 6.45) is 5.92. The van der Waals surface area contributed by atoms with E-state index >= 15 is 0 Å². The van der Waals surface area contributed by atoms with Gasteiger partial charge in [-0.05, 0) is 67.4 Å². The summed E-state index contributed by atoms with van der Waals surface area (Å²) in [5.41, 5.74) is -0.152. The lowest BCUT2D eigenvalue weighted by Gasteiger charge is -2.34. The minimum Gasteiger partial charge on any atom is -0.444 e. The van der Waals surface area contributed by atoms with Crippen molar-refractivity contribution in [2.45, 2.75) is 84.2 Å². The standard InChI is InChI=1S/C20H33BN2O4/c1-18(2,3)25-17(24)23-11-8-9-16(14-23)22-12-10-15(13-22)21-26-19(4,5)20(6,7)27-21/h10,12-13,16H,8-9,11,14H2,1-7H3. The molecular formula is C20H33BN2O4. The molecule has 27 heavy (non-hydrogen) atoms. The van der Waals surface area contributed by atoms with E-state index in [0.717, 1.165) is 24.8 Å². The lowest BCUT2D eigenvalue weighted by Crippen LogP contribution is -2.43. The summed E-state index contributed by atoms with van der Waals surface area (Å²) < 4.78 is 20.0. The molecule has 6 nitrogen and oxygen atoms in total. The summed E-state index contributed by atoms with van der Waals surface area (Å²) in [5.74, 6) is 0. The van der Waals surface area contributed by atoms with Crippen LogP contribution in [0.25, 0.3) is 0 Å². The molecule has 0 N–H and O–H groups in total. The molecular weight excluding hydrogens is 343 g/mol. The molecule has 1 unspecified atom stereocenters. The topological polar surface area (TPSA) is 52.9 Å². The van der Waals surface area contributed by atoms with Gasteiger partial charge in [0, 0.05) is 30.9 Å². The average molecular weight is 376 g/mol. The molecule has 1 aromatic rings. The molecule has 1 aromatic heterocycles. The number of piperidine rings is 1. The zero-order valence-corrected chi connectivity index (χ0v) is 17.7. The van der Waals surface area contributed by atoms with Crippen molar-refractivity contribution in [2.75, 3.05) is 13.1 Å².